The van der Waals surface area contributed by atoms with E-state index in [9.17, 15) is 14.4 Å². The van der Waals surface area contributed by atoms with Crippen LogP contribution in [0.25, 0.3) is 22.0 Å². The zero-order chi connectivity index (χ0) is 18.3. The quantitative estimate of drug-likeness (QED) is 0.704. The van der Waals surface area contributed by atoms with Crippen LogP contribution < -0.4 is 10.5 Å². The van der Waals surface area contributed by atoms with Crippen molar-refractivity contribution in [3.05, 3.63) is 58.9 Å². The van der Waals surface area contributed by atoms with Crippen LogP contribution in [0.15, 0.2) is 53.3 Å². The second-order valence-electron chi connectivity index (χ2n) is 6.16. The van der Waals surface area contributed by atoms with Crippen molar-refractivity contribution in [1.29, 1.82) is 0 Å². The van der Waals surface area contributed by atoms with Crippen LogP contribution in [0.4, 0.5) is 5.69 Å². The molecular weight excluding hydrogens is 334 g/mol. The SMILES string of the molecule is O=C(O)C1CCN(c2ccc(-c3n[nH]c(=O)c4ccccc34)cc2)C1=O. The first-order valence-electron chi connectivity index (χ1n) is 8.18. The lowest BCUT2D eigenvalue weighted by Crippen LogP contribution is -2.30. The van der Waals surface area contributed by atoms with Crippen molar-refractivity contribution < 1.29 is 14.7 Å². The fourth-order valence-corrected chi connectivity index (χ4v) is 3.30. The van der Waals surface area contributed by atoms with E-state index in [-0.39, 0.29) is 5.56 Å². The number of aliphatic carboxylic acids is 1. The highest BCUT2D eigenvalue weighted by Gasteiger charge is 2.37. The number of carboxylic acid groups (broad SMARTS) is 1. The second kappa shape index (κ2) is 6.11. The number of hydrogen-bond acceptors (Lipinski definition) is 4. The number of aromatic amines is 1. The van der Waals surface area contributed by atoms with Crippen molar-refractivity contribution in [3.8, 4) is 11.3 Å². The molecule has 1 aromatic heterocycles. The molecule has 26 heavy (non-hydrogen) atoms. The van der Waals surface area contributed by atoms with Crippen LogP contribution >= 0.6 is 0 Å². The zero-order valence-corrected chi connectivity index (χ0v) is 13.7. The van der Waals surface area contributed by atoms with Gasteiger partial charge in [0.25, 0.3) is 5.56 Å². The van der Waals surface area contributed by atoms with Crippen molar-refractivity contribution >= 4 is 28.3 Å². The van der Waals surface area contributed by atoms with Gasteiger partial charge in [-0.3, -0.25) is 14.4 Å². The normalized spacial score (nSPS) is 17.0. The minimum absolute atomic E-state index is 0.247. The maximum absolute atomic E-state index is 12.2. The van der Waals surface area contributed by atoms with Gasteiger partial charge >= 0.3 is 5.97 Å². The predicted molar refractivity (Wildman–Crippen MR) is 95.9 cm³/mol. The summed E-state index contributed by atoms with van der Waals surface area (Å²) in [6.45, 7) is 0.384. The Morgan fingerprint density at radius 2 is 1.77 bits per heavy atom. The number of carbonyl (C=O) groups is 2. The van der Waals surface area contributed by atoms with E-state index in [4.69, 9.17) is 5.11 Å². The number of nitrogens with zero attached hydrogens (tertiary/aromatic N) is 2. The highest BCUT2D eigenvalue weighted by molar-refractivity contribution is 6.07. The Bertz CT molecular complexity index is 1070. The van der Waals surface area contributed by atoms with Crippen molar-refractivity contribution in [2.75, 3.05) is 11.4 Å². The van der Waals surface area contributed by atoms with Gasteiger partial charge in [-0.2, -0.15) is 5.10 Å². The molecule has 4 rings (SSSR count). The molecule has 7 heteroatoms. The Hall–Kier alpha value is -3.48. The lowest BCUT2D eigenvalue weighted by molar-refractivity contribution is -0.144. The van der Waals surface area contributed by atoms with Gasteiger partial charge in [0.1, 0.15) is 5.92 Å². The lowest BCUT2D eigenvalue weighted by atomic mass is 10.0. The predicted octanol–water partition coefficient (Wildman–Crippen LogP) is 2.03. The van der Waals surface area contributed by atoms with Gasteiger partial charge in [0, 0.05) is 23.2 Å². The van der Waals surface area contributed by atoms with E-state index < -0.39 is 17.8 Å². The fourth-order valence-electron chi connectivity index (χ4n) is 3.30. The average Bonchev–Trinajstić information content (AvgIpc) is 3.04. The third kappa shape index (κ3) is 2.54. The van der Waals surface area contributed by atoms with Gasteiger partial charge in [-0.1, -0.05) is 30.3 Å². The van der Waals surface area contributed by atoms with E-state index in [2.05, 4.69) is 10.2 Å². The summed E-state index contributed by atoms with van der Waals surface area (Å²) in [6, 6.07) is 14.4. The molecule has 1 aliphatic rings. The number of hydrogen-bond donors (Lipinski definition) is 2. The van der Waals surface area contributed by atoms with E-state index in [1.165, 1.54) is 4.90 Å². The van der Waals surface area contributed by atoms with Crippen LogP contribution in [0, 0.1) is 5.92 Å². The number of benzene rings is 2. The lowest BCUT2D eigenvalue weighted by Gasteiger charge is -2.16. The molecule has 130 valence electrons. The average molecular weight is 349 g/mol. The van der Waals surface area contributed by atoms with Crippen LogP contribution in [0.1, 0.15) is 6.42 Å². The van der Waals surface area contributed by atoms with Crippen molar-refractivity contribution in [2.45, 2.75) is 6.42 Å². The zero-order valence-electron chi connectivity index (χ0n) is 13.7. The molecule has 2 heterocycles. The molecule has 7 nitrogen and oxygen atoms in total. The minimum atomic E-state index is -1.09. The van der Waals surface area contributed by atoms with Crippen LogP contribution in [-0.2, 0) is 9.59 Å². The standard InChI is InChI=1S/C19H15N3O4/c23-17-14-4-2-1-3-13(14)16(20-21-17)11-5-7-12(8-6-11)22-10-9-15(18(22)24)19(25)26/h1-8,15H,9-10H2,(H,21,23)(H,25,26). The Labute approximate surface area is 147 Å². The van der Waals surface area contributed by atoms with Crippen LogP contribution in [0.2, 0.25) is 0 Å². The summed E-state index contributed by atoms with van der Waals surface area (Å²) in [6.07, 6.45) is 0.308. The molecule has 2 aromatic carbocycles. The summed E-state index contributed by atoms with van der Waals surface area (Å²) >= 11 is 0. The molecular formula is C19H15N3O4. The summed E-state index contributed by atoms with van der Waals surface area (Å²) in [5, 5.41) is 17.0. The summed E-state index contributed by atoms with van der Waals surface area (Å²) in [5.74, 6) is -2.45. The van der Waals surface area contributed by atoms with Gasteiger partial charge in [-0.05, 0) is 24.6 Å². The molecule has 1 fully saturated rings. The van der Waals surface area contributed by atoms with Gasteiger partial charge in [-0.25, -0.2) is 5.10 Å². The molecule has 0 spiro atoms. The molecule has 2 N–H and O–H groups in total. The number of anilines is 1. The Kier molecular flexibility index (Phi) is 3.76. The number of amides is 1. The van der Waals surface area contributed by atoms with E-state index in [1.54, 1.807) is 24.3 Å². The van der Waals surface area contributed by atoms with Crippen LogP contribution in [0.3, 0.4) is 0 Å². The molecule has 0 radical (unpaired) electrons. The molecule has 1 amide bonds. The molecule has 1 atom stereocenters. The summed E-state index contributed by atoms with van der Waals surface area (Å²) in [5.41, 5.74) is 1.84. The molecule has 0 aliphatic carbocycles. The summed E-state index contributed by atoms with van der Waals surface area (Å²) in [4.78, 5) is 36.7. The van der Waals surface area contributed by atoms with E-state index in [0.29, 0.717) is 29.7 Å². The van der Waals surface area contributed by atoms with Crippen molar-refractivity contribution in [2.24, 2.45) is 5.92 Å². The van der Waals surface area contributed by atoms with E-state index in [0.717, 1.165) is 10.9 Å². The third-order valence-corrected chi connectivity index (χ3v) is 4.65. The first-order valence-corrected chi connectivity index (χ1v) is 8.18. The first kappa shape index (κ1) is 16.0. The molecule has 1 unspecified atom stereocenters. The van der Waals surface area contributed by atoms with Crippen LogP contribution in [-0.4, -0.2) is 33.7 Å². The Morgan fingerprint density at radius 3 is 2.42 bits per heavy atom. The minimum Gasteiger partial charge on any atom is -0.481 e. The van der Waals surface area contributed by atoms with E-state index in [1.807, 2.05) is 24.3 Å². The number of H-pyrrole nitrogens is 1. The number of carboxylic acids is 1. The van der Waals surface area contributed by atoms with Crippen molar-refractivity contribution in [3.63, 3.8) is 0 Å². The molecule has 1 saturated heterocycles. The number of fused-ring (bicyclic) bond motifs is 1. The highest BCUT2D eigenvalue weighted by atomic mass is 16.4. The number of aromatic nitrogens is 2. The maximum atomic E-state index is 12.2. The van der Waals surface area contributed by atoms with Gasteiger partial charge < -0.3 is 10.0 Å². The Balaban J connectivity index is 1.70. The first-order chi connectivity index (χ1) is 12.6. The summed E-state index contributed by atoms with van der Waals surface area (Å²) < 4.78 is 0. The van der Waals surface area contributed by atoms with Gasteiger partial charge in [-0.15, -0.1) is 0 Å². The topological polar surface area (TPSA) is 103 Å². The number of rotatable bonds is 3. The summed E-state index contributed by atoms with van der Waals surface area (Å²) in [7, 11) is 0. The van der Waals surface area contributed by atoms with Gasteiger partial charge in [0.05, 0.1) is 11.1 Å². The highest BCUT2D eigenvalue weighted by Crippen LogP contribution is 2.29. The second-order valence-corrected chi connectivity index (χ2v) is 6.16. The molecule has 0 bridgehead atoms. The maximum Gasteiger partial charge on any atom is 0.316 e. The van der Waals surface area contributed by atoms with Crippen molar-refractivity contribution in [1.82, 2.24) is 10.2 Å². The number of nitrogens with one attached hydrogen (secondary N) is 1. The Morgan fingerprint density at radius 1 is 1.08 bits per heavy atom. The fraction of sp³-hybridized carbons (Fsp3) is 0.158. The smallest absolute Gasteiger partial charge is 0.316 e. The van der Waals surface area contributed by atoms with Crippen LogP contribution in [0.5, 0.6) is 0 Å². The third-order valence-electron chi connectivity index (χ3n) is 4.65. The molecule has 3 aromatic rings. The molecule has 0 saturated carbocycles. The largest absolute Gasteiger partial charge is 0.481 e. The van der Waals surface area contributed by atoms with Gasteiger partial charge in [0.15, 0.2) is 0 Å². The van der Waals surface area contributed by atoms with Gasteiger partial charge in [0.2, 0.25) is 5.91 Å². The van der Waals surface area contributed by atoms with E-state index >= 15 is 0 Å². The monoisotopic (exact) mass is 349 g/mol. The number of carbonyl (C=O) groups excluding carboxylic acids is 1. The molecule has 1 aliphatic heterocycles.